The summed E-state index contributed by atoms with van der Waals surface area (Å²) in [5, 5.41) is 0.985. The van der Waals surface area contributed by atoms with E-state index in [1.807, 2.05) is 66.9 Å². The van der Waals surface area contributed by atoms with E-state index in [9.17, 15) is 4.79 Å². The average molecular weight is 463 g/mol. The van der Waals surface area contributed by atoms with E-state index in [1.165, 1.54) is 6.26 Å². The fourth-order valence-electron chi connectivity index (χ4n) is 4.19. The van der Waals surface area contributed by atoms with Crippen LogP contribution < -0.4 is 4.74 Å². The molecule has 5 aromatic rings. The Hall–Kier alpha value is -4.59. The second-order valence-corrected chi connectivity index (χ2v) is 8.25. The Balaban J connectivity index is 1.13. The van der Waals surface area contributed by atoms with Crippen LogP contribution in [0, 0.1) is 0 Å². The largest absolute Gasteiger partial charge is 0.482 e. The minimum atomic E-state index is -0.190. The molecule has 2 aromatic carbocycles. The van der Waals surface area contributed by atoms with Crippen molar-refractivity contribution in [2.45, 2.75) is 19.6 Å². The van der Waals surface area contributed by atoms with Gasteiger partial charge in [0.15, 0.2) is 18.1 Å². The van der Waals surface area contributed by atoms with Gasteiger partial charge in [-0.3, -0.25) is 9.78 Å². The molecule has 0 saturated heterocycles. The van der Waals surface area contributed by atoms with Crippen LogP contribution >= 0.6 is 0 Å². The summed E-state index contributed by atoms with van der Waals surface area (Å²) in [7, 11) is 0. The first kappa shape index (κ1) is 21.0. The fraction of sp³-hybridized carbons (Fsp3) is 0.148. The van der Waals surface area contributed by atoms with E-state index in [2.05, 4.69) is 15.0 Å². The Morgan fingerprint density at radius 3 is 2.80 bits per heavy atom. The summed E-state index contributed by atoms with van der Waals surface area (Å²) >= 11 is 0. The Kier molecular flexibility index (Phi) is 5.38. The smallest absolute Gasteiger partial charge is 0.276 e. The van der Waals surface area contributed by atoms with E-state index in [0.29, 0.717) is 37.0 Å². The van der Waals surface area contributed by atoms with Crippen molar-refractivity contribution in [2.24, 2.45) is 0 Å². The summed E-state index contributed by atoms with van der Waals surface area (Å²) in [4.78, 5) is 32.8. The highest BCUT2D eigenvalue weighted by molar-refractivity contribution is 5.92. The van der Waals surface area contributed by atoms with E-state index < -0.39 is 0 Å². The van der Waals surface area contributed by atoms with Crippen LogP contribution in [0.15, 0.2) is 83.7 Å². The molecular weight excluding hydrogens is 442 g/mol. The minimum Gasteiger partial charge on any atom is -0.482 e. The van der Waals surface area contributed by atoms with Crippen molar-refractivity contribution >= 4 is 16.8 Å². The van der Waals surface area contributed by atoms with Crippen molar-refractivity contribution in [1.82, 2.24) is 24.8 Å². The maximum absolute atomic E-state index is 13.1. The zero-order valence-electron chi connectivity index (χ0n) is 18.8. The first-order valence-electron chi connectivity index (χ1n) is 11.3. The summed E-state index contributed by atoms with van der Waals surface area (Å²) in [5.41, 5.74) is 3.92. The zero-order valence-corrected chi connectivity index (χ0v) is 18.8. The maximum atomic E-state index is 13.1. The number of fused-ring (bicyclic) bond motifs is 2. The number of nitrogens with zero attached hydrogens (tertiary/aromatic N) is 5. The number of hydrogen-bond acceptors (Lipinski definition) is 7. The number of rotatable bonds is 5. The third-order valence-corrected chi connectivity index (χ3v) is 5.97. The standard InChI is InChI=1S/C27H21N5O3/c33-27(32-13-11-21-20(15-32)14-29-26(31-21)19-6-2-1-3-7-19)22-16-35-24(30-22)17-34-23-10-4-8-18-9-5-12-28-25(18)23/h1-10,12,14,16H,11,13,15,17H2. The molecule has 4 heterocycles. The van der Waals surface area contributed by atoms with Crippen molar-refractivity contribution in [3.63, 3.8) is 0 Å². The number of benzene rings is 2. The quantitative estimate of drug-likeness (QED) is 0.380. The topological polar surface area (TPSA) is 94.2 Å². The molecule has 8 nitrogen and oxygen atoms in total. The molecule has 0 atom stereocenters. The van der Waals surface area contributed by atoms with E-state index in [-0.39, 0.29) is 18.2 Å². The van der Waals surface area contributed by atoms with E-state index in [1.54, 1.807) is 11.1 Å². The highest BCUT2D eigenvalue weighted by atomic mass is 16.5. The number of hydrogen-bond donors (Lipinski definition) is 0. The number of pyridine rings is 1. The summed E-state index contributed by atoms with van der Waals surface area (Å²) in [6.45, 7) is 1.09. The second kappa shape index (κ2) is 8.98. The summed E-state index contributed by atoms with van der Waals surface area (Å²) in [6, 6.07) is 19.5. The lowest BCUT2D eigenvalue weighted by Gasteiger charge is -2.27. The summed E-state index contributed by atoms with van der Waals surface area (Å²) in [6.07, 6.45) is 5.57. The molecule has 1 amide bonds. The van der Waals surface area contributed by atoms with Gasteiger partial charge in [0.25, 0.3) is 5.91 Å². The van der Waals surface area contributed by atoms with Crippen molar-refractivity contribution in [3.05, 3.63) is 102 Å². The molecule has 8 heteroatoms. The van der Waals surface area contributed by atoms with Crippen LogP contribution in [0.25, 0.3) is 22.3 Å². The molecule has 1 aliphatic heterocycles. The molecule has 0 spiro atoms. The zero-order chi connectivity index (χ0) is 23.6. The molecule has 0 saturated carbocycles. The van der Waals surface area contributed by atoms with Gasteiger partial charge in [-0.2, -0.15) is 0 Å². The Morgan fingerprint density at radius 2 is 1.89 bits per heavy atom. The van der Waals surface area contributed by atoms with Crippen LogP contribution in [0.1, 0.15) is 27.6 Å². The fourth-order valence-corrected chi connectivity index (χ4v) is 4.19. The molecule has 3 aromatic heterocycles. The SMILES string of the molecule is O=C(c1coc(COc2cccc3cccnc23)n1)N1CCc2nc(-c3ccccc3)ncc2C1. The Morgan fingerprint density at radius 1 is 1.00 bits per heavy atom. The van der Waals surface area contributed by atoms with Crippen LogP contribution in [-0.4, -0.2) is 37.3 Å². The van der Waals surface area contributed by atoms with Crippen LogP contribution in [0.2, 0.25) is 0 Å². The third-order valence-electron chi connectivity index (χ3n) is 5.97. The Bertz CT molecular complexity index is 1510. The lowest BCUT2D eigenvalue weighted by molar-refractivity contribution is 0.0727. The van der Waals surface area contributed by atoms with Crippen LogP contribution in [-0.2, 0) is 19.6 Å². The van der Waals surface area contributed by atoms with Gasteiger partial charge >= 0.3 is 0 Å². The molecule has 0 fully saturated rings. The molecular formula is C27H21N5O3. The van der Waals surface area contributed by atoms with Gasteiger partial charge < -0.3 is 14.1 Å². The number of amides is 1. The van der Waals surface area contributed by atoms with Gasteiger partial charge in [-0.15, -0.1) is 0 Å². The minimum absolute atomic E-state index is 0.0991. The predicted octanol–water partition coefficient (Wildman–Crippen LogP) is 4.46. The molecule has 0 aliphatic carbocycles. The number of ether oxygens (including phenoxy) is 1. The molecule has 0 N–H and O–H groups in total. The third kappa shape index (κ3) is 4.21. The van der Waals surface area contributed by atoms with Gasteiger partial charge in [0.05, 0.1) is 5.69 Å². The molecule has 0 unspecified atom stereocenters. The number of oxazole rings is 1. The van der Waals surface area contributed by atoms with Gasteiger partial charge in [0.2, 0.25) is 5.89 Å². The average Bonchev–Trinajstić information content (AvgIpc) is 3.40. The monoisotopic (exact) mass is 463 g/mol. The second-order valence-electron chi connectivity index (χ2n) is 8.25. The number of carbonyl (C=O) groups is 1. The highest BCUT2D eigenvalue weighted by Gasteiger charge is 2.25. The number of aromatic nitrogens is 4. The van der Waals surface area contributed by atoms with Crippen molar-refractivity contribution in [1.29, 1.82) is 0 Å². The van der Waals surface area contributed by atoms with Crippen LogP contribution in [0.3, 0.4) is 0 Å². The lowest BCUT2D eigenvalue weighted by atomic mass is 10.1. The highest BCUT2D eigenvalue weighted by Crippen LogP contribution is 2.25. The molecule has 0 bridgehead atoms. The van der Waals surface area contributed by atoms with Crippen molar-refractivity contribution < 1.29 is 13.9 Å². The molecule has 0 radical (unpaired) electrons. The van der Waals surface area contributed by atoms with Crippen LogP contribution in [0.5, 0.6) is 5.75 Å². The molecule has 1 aliphatic rings. The number of para-hydroxylation sites is 1. The first-order chi connectivity index (χ1) is 17.2. The first-order valence-corrected chi connectivity index (χ1v) is 11.3. The van der Waals surface area contributed by atoms with Crippen molar-refractivity contribution in [3.8, 4) is 17.1 Å². The predicted molar refractivity (Wildman–Crippen MR) is 128 cm³/mol. The molecule has 172 valence electrons. The van der Waals surface area contributed by atoms with Gasteiger partial charge in [-0.25, -0.2) is 15.0 Å². The number of carbonyl (C=O) groups excluding carboxylic acids is 1. The van der Waals surface area contributed by atoms with Crippen molar-refractivity contribution in [2.75, 3.05) is 6.54 Å². The van der Waals surface area contributed by atoms with E-state index in [0.717, 1.165) is 27.7 Å². The summed E-state index contributed by atoms with van der Waals surface area (Å²) in [5.74, 6) is 1.47. The van der Waals surface area contributed by atoms with Gasteiger partial charge in [0, 0.05) is 48.4 Å². The van der Waals surface area contributed by atoms with Gasteiger partial charge in [0.1, 0.15) is 17.5 Å². The van der Waals surface area contributed by atoms with Gasteiger partial charge in [-0.05, 0) is 12.1 Å². The lowest BCUT2D eigenvalue weighted by Crippen LogP contribution is -2.36. The normalized spacial score (nSPS) is 13.0. The molecule has 35 heavy (non-hydrogen) atoms. The van der Waals surface area contributed by atoms with Crippen LogP contribution in [0.4, 0.5) is 0 Å². The van der Waals surface area contributed by atoms with E-state index >= 15 is 0 Å². The van der Waals surface area contributed by atoms with E-state index in [4.69, 9.17) is 14.1 Å². The van der Waals surface area contributed by atoms with Gasteiger partial charge in [-0.1, -0.05) is 48.5 Å². The molecule has 6 rings (SSSR count). The Labute approximate surface area is 201 Å². The maximum Gasteiger partial charge on any atom is 0.276 e. The summed E-state index contributed by atoms with van der Waals surface area (Å²) < 4.78 is 11.4.